The van der Waals surface area contributed by atoms with Crippen molar-refractivity contribution >= 4 is 5.78 Å². The minimum Gasteiger partial charge on any atom is -0.300 e. The molecule has 0 unspecified atom stereocenters. The van der Waals surface area contributed by atoms with Gasteiger partial charge in [0.1, 0.15) is 5.78 Å². The second-order valence-corrected chi connectivity index (χ2v) is 4.45. The van der Waals surface area contributed by atoms with E-state index < -0.39 is 17.1 Å². The number of rotatable bonds is 6. The zero-order chi connectivity index (χ0) is 17.3. The predicted molar refractivity (Wildman–Crippen MR) is 86.2 cm³/mol. The summed E-state index contributed by atoms with van der Waals surface area (Å²) >= 11 is 0. The van der Waals surface area contributed by atoms with Gasteiger partial charge in [0.25, 0.3) is 0 Å². The summed E-state index contributed by atoms with van der Waals surface area (Å²) in [6.45, 7) is 13.6. The second-order valence-electron chi connectivity index (χ2n) is 4.45. The Labute approximate surface area is 128 Å². The molecule has 0 N–H and O–H groups in total. The summed E-state index contributed by atoms with van der Waals surface area (Å²) in [5, 5.41) is 0. The highest BCUT2D eigenvalue weighted by molar-refractivity contribution is 5.72. The highest BCUT2D eigenvalue weighted by atomic mass is 16.2. The van der Waals surface area contributed by atoms with E-state index in [2.05, 4.69) is 19.7 Å². The summed E-state index contributed by atoms with van der Waals surface area (Å²) in [4.78, 5) is 45.3. The molecule has 1 heterocycles. The standard InChI is InChI=1S/C12H15N3O3.C3H6O/c1-4-7-13-10(16)14(8-5-2)12(18)15(9-6-3)11(13)17;1-3(2)4/h4-6H,1-3,7-9H2;1-2H3. The topological polar surface area (TPSA) is 83.1 Å². The minimum absolute atomic E-state index is 0.0478. The van der Waals surface area contributed by atoms with E-state index in [9.17, 15) is 19.2 Å². The van der Waals surface area contributed by atoms with E-state index in [0.717, 1.165) is 13.7 Å². The molecule has 120 valence electrons. The van der Waals surface area contributed by atoms with Crippen LogP contribution in [0.4, 0.5) is 0 Å². The molecule has 0 radical (unpaired) electrons. The summed E-state index contributed by atoms with van der Waals surface area (Å²) in [6.07, 6.45) is 4.26. The number of aromatic nitrogens is 3. The Morgan fingerprint density at radius 3 is 1.09 bits per heavy atom. The Balaban J connectivity index is 0.000000980. The Kier molecular flexibility index (Phi) is 8.14. The van der Waals surface area contributed by atoms with Gasteiger partial charge in [-0.25, -0.2) is 28.1 Å². The van der Waals surface area contributed by atoms with Gasteiger partial charge in [0.2, 0.25) is 0 Å². The molecule has 0 amide bonds. The Hall–Kier alpha value is -2.70. The van der Waals surface area contributed by atoms with Crippen molar-refractivity contribution in [2.45, 2.75) is 33.5 Å². The SMILES string of the molecule is C=CCn1c(=O)n(CC=C)c(=O)n(CC=C)c1=O.CC(C)=O. The lowest BCUT2D eigenvalue weighted by Gasteiger charge is -2.10. The van der Waals surface area contributed by atoms with Crippen molar-refractivity contribution in [3.63, 3.8) is 0 Å². The van der Waals surface area contributed by atoms with Crippen LogP contribution < -0.4 is 17.1 Å². The van der Waals surface area contributed by atoms with Gasteiger partial charge in [0.05, 0.1) is 19.6 Å². The normalized spacial score (nSPS) is 9.36. The zero-order valence-electron chi connectivity index (χ0n) is 12.9. The van der Waals surface area contributed by atoms with E-state index in [4.69, 9.17) is 0 Å². The van der Waals surface area contributed by atoms with Crippen LogP contribution in [0.25, 0.3) is 0 Å². The molecule has 0 aliphatic carbocycles. The number of carbonyl (C=O) groups is 1. The average molecular weight is 307 g/mol. The number of ketones is 1. The molecule has 0 atom stereocenters. The van der Waals surface area contributed by atoms with Gasteiger partial charge >= 0.3 is 17.1 Å². The zero-order valence-corrected chi connectivity index (χ0v) is 12.9. The van der Waals surface area contributed by atoms with Crippen LogP contribution in [0.3, 0.4) is 0 Å². The first kappa shape index (κ1) is 19.3. The van der Waals surface area contributed by atoms with Gasteiger partial charge < -0.3 is 4.79 Å². The van der Waals surface area contributed by atoms with Crippen molar-refractivity contribution in [2.75, 3.05) is 0 Å². The minimum atomic E-state index is -0.662. The summed E-state index contributed by atoms with van der Waals surface area (Å²) < 4.78 is 2.84. The second kappa shape index (κ2) is 9.28. The number of allylic oxidation sites excluding steroid dienone is 3. The van der Waals surface area contributed by atoms with Gasteiger partial charge in [-0.05, 0) is 13.8 Å². The van der Waals surface area contributed by atoms with Crippen molar-refractivity contribution < 1.29 is 4.79 Å². The van der Waals surface area contributed by atoms with Gasteiger partial charge in [-0.3, -0.25) is 0 Å². The largest absolute Gasteiger partial charge is 0.336 e. The molecule has 1 rings (SSSR count). The van der Waals surface area contributed by atoms with Crippen LogP contribution in [0.5, 0.6) is 0 Å². The number of hydrogen-bond acceptors (Lipinski definition) is 4. The molecule has 0 saturated heterocycles. The Morgan fingerprint density at radius 2 is 0.955 bits per heavy atom. The van der Waals surface area contributed by atoms with Crippen molar-refractivity contribution in [1.29, 1.82) is 0 Å². The molecule has 0 aliphatic heterocycles. The van der Waals surface area contributed by atoms with Gasteiger partial charge in [-0.1, -0.05) is 18.2 Å². The smallest absolute Gasteiger partial charge is 0.300 e. The van der Waals surface area contributed by atoms with Crippen LogP contribution >= 0.6 is 0 Å². The lowest BCUT2D eigenvalue weighted by molar-refractivity contribution is -0.114. The molecule has 1 aromatic heterocycles. The van der Waals surface area contributed by atoms with Crippen LogP contribution in [0.15, 0.2) is 52.3 Å². The van der Waals surface area contributed by atoms with Crippen molar-refractivity contribution in [3.05, 3.63) is 69.4 Å². The molecular formula is C15H21N3O4. The number of nitrogens with zero attached hydrogens (tertiary/aromatic N) is 3. The number of Topliss-reactive ketones (excluding diaryl/α,β-unsaturated/α-hetero) is 1. The summed E-state index contributed by atoms with van der Waals surface area (Å²) in [7, 11) is 0. The third-order valence-electron chi connectivity index (χ3n) is 2.32. The molecule has 22 heavy (non-hydrogen) atoms. The Bertz CT molecular complexity index is 610. The number of carbonyl (C=O) groups excluding carboxylic acids is 1. The molecule has 0 spiro atoms. The summed E-state index contributed by atoms with van der Waals surface area (Å²) in [6, 6.07) is 0. The predicted octanol–water partition coefficient (Wildman–Crippen LogP) is 0.325. The summed E-state index contributed by atoms with van der Waals surface area (Å²) in [5.41, 5.74) is -1.99. The van der Waals surface area contributed by atoms with Crippen LogP contribution in [-0.4, -0.2) is 19.5 Å². The fourth-order valence-corrected chi connectivity index (χ4v) is 1.54. The lowest BCUT2D eigenvalue weighted by atomic mass is 10.5. The van der Waals surface area contributed by atoms with E-state index in [1.54, 1.807) is 0 Å². The Morgan fingerprint density at radius 1 is 0.773 bits per heavy atom. The fourth-order valence-electron chi connectivity index (χ4n) is 1.54. The van der Waals surface area contributed by atoms with Crippen LogP contribution in [0.1, 0.15) is 13.8 Å². The maximum Gasteiger partial charge on any atom is 0.336 e. The van der Waals surface area contributed by atoms with Crippen molar-refractivity contribution in [1.82, 2.24) is 13.7 Å². The van der Waals surface area contributed by atoms with E-state index in [1.165, 1.54) is 32.1 Å². The van der Waals surface area contributed by atoms with E-state index in [1.807, 2.05) is 0 Å². The quantitative estimate of drug-likeness (QED) is 0.709. The van der Waals surface area contributed by atoms with Crippen LogP contribution in [-0.2, 0) is 24.4 Å². The maximum absolute atomic E-state index is 11.9. The first-order valence-corrected chi connectivity index (χ1v) is 6.56. The van der Waals surface area contributed by atoms with E-state index in [-0.39, 0.29) is 25.4 Å². The van der Waals surface area contributed by atoms with Crippen LogP contribution in [0, 0.1) is 0 Å². The number of hydrogen-bond donors (Lipinski definition) is 0. The van der Waals surface area contributed by atoms with Gasteiger partial charge in [0, 0.05) is 0 Å². The molecule has 0 saturated carbocycles. The molecule has 7 nitrogen and oxygen atoms in total. The van der Waals surface area contributed by atoms with Crippen LogP contribution in [0.2, 0.25) is 0 Å². The monoisotopic (exact) mass is 307 g/mol. The highest BCUT2D eigenvalue weighted by Gasteiger charge is 2.12. The summed E-state index contributed by atoms with van der Waals surface area (Å²) in [5.74, 6) is 0.167. The van der Waals surface area contributed by atoms with E-state index in [0.29, 0.717) is 0 Å². The van der Waals surface area contributed by atoms with Gasteiger partial charge in [-0.2, -0.15) is 0 Å². The average Bonchev–Trinajstić information content (AvgIpc) is 2.44. The lowest BCUT2D eigenvalue weighted by Crippen LogP contribution is -2.54. The third-order valence-corrected chi connectivity index (χ3v) is 2.32. The molecular weight excluding hydrogens is 286 g/mol. The van der Waals surface area contributed by atoms with E-state index >= 15 is 0 Å². The van der Waals surface area contributed by atoms with Gasteiger partial charge in [0.15, 0.2) is 0 Å². The van der Waals surface area contributed by atoms with Crippen molar-refractivity contribution in [3.8, 4) is 0 Å². The molecule has 0 bridgehead atoms. The third kappa shape index (κ3) is 5.01. The first-order chi connectivity index (χ1) is 10.3. The first-order valence-electron chi connectivity index (χ1n) is 6.56. The molecule has 0 fully saturated rings. The molecule has 1 aromatic rings. The maximum atomic E-state index is 11.9. The molecule has 7 heteroatoms. The van der Waals surface area contributed by atoms with Gasteiger partial charge in [-0.15, -0.1) is 19.7 Å². The van der Waals surface area contributed by atoms with Crippen molar-refractivity contribution in [2.24, 2.45) is 0 Å². The fraction of sp³-hybridized carbons (Fsp3) is 0.333. The molecule has 0 aromatic carbocycles. The molecule has 0 aliphatic rings. The highest BCUT2D eigenvalue weighted by Crippen LogP contribution is 1.79.